The highest BCUT2D eigenvalue weighted by molar-refractivity contribution is 7.17. The maximum atomic E-state index is 13.9. The molecule has 1 aromatic heterocycles. The van der Waals surface area contributed by atoms with E-state index in [0.29, 0.717) is 16.3 Å². The van der Waals surface area contributed by atoms with Crippen LogP contribution in [0.4, 0.5) is 4.39 Å². The number of benzene rings is 1. The van der Waals surface area contributed by atoms with Crippen LogP contribution in [0, 0.1) is 12.7 Å². The lowest BCUT2D eigenvalue weighted by molar-refractivity contribution is 0.0699. The second-order valence-corrected chi connectivity index (χ2v) is 6.73. The molecule has 2 rings (SSSR count). The Balaban J connectivity index is 2.65. The van der Waals surface area contributed by atoms with Gasteiger partial charge in [-0.2, -0.15) is 0 Å². The molecule has 0 atom stereocenters. The Kier molecular flexibility index (Phi) is 3.65. The highest BCUT2D eigenvalue weighted by Crippen LogP contribution is 2.35. The lowest BCUT2D eigenvalue weighted by Crippen LogP contribution is -2.16. The van der Waals surface area contributed by atoms with Gasteiger partial charge in [0.25, 0.3) is 0 Å². The molecule has 20 heavy (non-hydrogen) atoms. The molecule has 0 saturated heterocycles. The van der Waals surface area contributed by atoms with Crippen LogP contribution >= 0.6 is 11.3 Å². The fourth-order valence-electron chi connectivity index (χ4n) is 1.89. The van der Waals surface area contributed by atoms with E-state index >= 15 is 0 Å². The number of carbonyl (C=O) groups is 1. The zero-order chi connectivity index (χ0) is 15.1. The predicted molar refractivity (Wildman–Crippen MR) is 77.9 cm³/mol. The number of aromatic carboxylic acids is 1. The van der Waals surface area contributed by atoms with Crippen LogP contribution in [0.25, 0.3) is 10.6 Å². The van der Waals surface area contributed by atoms with Gasteiger partial charge in [0.15, 0.2) is 0 Å². The Morgan fingerprint density at radius 3 is 2.50 bits per heavy atom. The zero-order valence-corrected chi connectivity index (χ0v) is 12.6. The number of aryl methyl sites for hydroxylation is 1. The molecule has 0 amide bonds. The summed E-state index contributed by atoms with van der Waals surface area (Å²) in [6.45, 7) is 7.54. The number of carboxylic acids is 1. The highest BCUT2D eigenvalue weighted by atomic mass is 32.1. The minimum Gasteiger partial charge on any atom is -0.477 e. The first kappa shape index (κ1) is 14.7. The van der Waals surface area contributed by atoms with Gasteiger partial charge < -0.3 is 5.11 Å². The predicted octanol–water partition coefficient (Wildman–Crippen LogP) is 4.25. The van der Waals surface area contributed by atoms with Crippen LogP contribution in [0.5, 0.6) is 0 Å². The molecule has 0 spiro atoms. The summed E-state index contributed by atoms with van der Waals surface area (Å²) in [4.78, 5) is 15.9. The average Bonchev–Trinajstić information content (AvgIpc) is 2.77. The van der Waals surface area contributed by atoms with Crippen molar-refractivity contribution in [2.24, 2.45) is 0 Å². The Morgan fingerprint density at radius 1 is 1.35 bits per heavy atom. The quantitative estimate of drug-likeness (QED) is 0.900. The summed E-state index contributed by atoms with van der Waals surface area (Å²) in [5.41, 5.74) is 1.35. The van der Waals surface area contributed by atoms with Crippen LogP contribution in [0.2, 0.25) is 0 Å². The molecule has 0 fully saturated rings. The van der Waals surface area contributed by atoms with Gasteiger partial charge in [-0.3, -0.25) is 0 Å². The van der Waals surface area contributed by atoms with Crippen LogP contribution in [0.3, 0.4) is 0 Å². The Bertz CT molecular complexity index is 671. The fourth-order valence-corrected chi connectivity index (χ4v) is 3.02. The first-order valence-electron chi connectivity index (χ1n) is 6.21. The van der Waals surface area contributed by atoms with Crippen molar-refractivity contribution in [1.29, 1.82) is 0 Å². The molecule has 0 saturated carbocycles. The topological polar surface area (TPSA) is 50.2 Å². The molecule has 3 nitrogen and oxygen atoms in total. The molecule has 0 aliphatic rings. The van der Waals surface area contributed by atoms with Crippen molar-refractivity contribution in [3.8, 4) is 10.6 Å². The van der Waals surface area contributed by atoms with E-state index in [1.165, 1.54) is 6.07 Å². The number of rotatable bonds is 2. The van der Waals surface area contributed by atoms with Crippen molar-refractivity contribution in [3.63, 3.8) is 0 Å². The molecular formula is C15H16FNO2S. The molecule has 0 unspecified atom stereocenters. The third-order valence-electron chi connectivity index (χ3n) is 2.88. The average molecular weight is 293 g/mol. The van der Waals surface area contributed by atoms with Crippen molar-refractivity contribution in [3.05, 3.63) is 40.2 Å². The van der Waals surface area contributed by atoms with Gasteiger partial charge in [-0.15, -0.1) is 11.3 Å². The maximum absolute atomic E-state index is 13.9. The van der Waals surface area contributed by atoms with Gasteiger partial charge in [-0.05, 0) is 19.1 Å². The summed E-state index contributed by atoms with van der Waals surface area (Å²) in [5, 5.41) is 9.70. The minimum atomic E-state index is -1.02. The normalized spacial score (nSPS) is 11.7. The first-order chi connectivity index (χ1) is 9.20. The molecule has 0 aliphatic carbocycles. The Morgan fingerprint density at radius 2 is 2.00 bits per heavy atom. The van der Waals surface area contributed by atoms with E-state index in [0.717, 1.165) is 16.9 Å². The summed E-state index contributed by atoms with van der Waals surface area (Å²) in [6, 6.07) is 4.74. The number of halogens is 1. The third-order valence-corrected chi connectivity index (χ3v) is 3.96. The Hall–Kier alpha value is -1.75. The van der Waals surface area contributed by atoms with Crippen molar-refractivity contribution < 1.29 is 14.3 Å². The number of hydrogen-bond donors (Lipinski definition) is 1. The van der Waals surface area contributed by atoms with Gasteiger partial charge in [-0.25, -0.2) is 14.2 Å². The largest absolute Gasteiger partial charge is 0.477 e. The summed E-state index contributed by atoms with van der Waals surface area (Å²) in [7, 11) is 0. The third kappa shape index (κ3) is 2.72. The van der Waals surface area contributed by atoms with E-state index in [1.807, 2.05) is 27.7 Å². The van der Waals surface area contributed by atoms with Crippen molar-refractivity contribution in [2.45, 2.75) is 33.1 Å². The van der Waals surface area contributed by atoms with Gasteiger partial charge in [0.1, 0.15) is 15.7 Å². The summed E-state index contributed by atoms with van der Waals surface area (Å²) >= 11 is 1.02. The van der Waals surface area contributed by atoms with E-state index in [1.54, 1.807) is 12.1 Å². The zero-order valence-electron chi connectivity index (χ0n) is 11.8. The van der Waals surface area contributed by atoms with Crippen molar-refractivity contribution >= 4 is 17.3 Å². The van der Waals surface area contributed by atoms with E-state index in [4.69, 9.17) is 0 Å². The van der Waals surface area contributed by atoms with Crippen LogP contribution in [-0.2, 0) is 5.41 Å². The Labute approximate surface area is 121 Å². The van der Waals surface area contributed by atoms with Gasteiger partial charge in [0.2, 0.25) is 0 Å². The summed E-state index contributed by atoms with van der Waals surface area (Å²) in [6.07, 6.45) is 0. The van der Waals surface area contributed by atoms with E-state index in [2.05, 4.69) is 4.98 Å². The number of thiazole rings is 1. The maximum Gasteiger partial charge on any atom is 0.347 e. The molecule has 1 heterocycles. The number of carboxylic acid groups (broad SMARTS) is 1. The molecule has 5 heteroatoms. The fraction of sp³-hybridized carbons (Fsp3) is 0.333. The second-order valence-electron chi connectivity index (χ2n) is 5.74. The molecule has 0 bridgehead atoms. The summed E-state index contributed by atoms with van der Waals surface area (Å²) < 4.78 is 13.9. The highest BCUT2D eigenvalue weighted by Gasteiger charge is 2.27. The molecule has 1 aromatic carbocycles. The minimum absolute atomic E-state index is 0.174. The standard InChI is InChI=1S/C15H16FNO2S/c1-8-5-6-10(16)9(7-8)13-17-12(15(2,3)4)11(20-13)14(18)19/h5-7H,1-4H3,(H,18,19). The van der Waals surface area contributed by atoms with Crippen molar-refractivity contribution in [1.82, 2.24) is 4.98 Å². The van der Waals surface area contributed by atoms with Gasteiger partial charge in [0.05, 0.1) is 5.69 Å². The number of aromatic nitrogens is 1. The number of nitrogens with zero attached hydrogens (tertiary/aromatic N) is 1. The molecule has 1 N–H and O–H groups in total. The van der Waals surface area contributed by atoms with Crippen LogP contribution in [-0.4, -0.2) is 16.1 Å². The summed E-state index contributed by atoms with van der Waals surface area (Å²) in [5.74, 6) is -1.41. The van der Waals surface area contributed by atoms with E-state index in [9.17, 15) is 14.3 Å². The second kappa shape index (κ2) is 4.98. The van der Waals surface area contributed by atoms with Gasteiger partial charge in [-0.1, -0.05) is 32.4 Å². The van der Waals surface area contributed by atoms with Crippen LogP contribution in [0.15, 0.2) is 18.2 Å². The van der Waals surface area contributed by atoms with Crippen LogP contribution in [0.1, 0.15) is 41.7 Å². The lowest BCUT2D eigenvalue weighted by atomic mass is 9.91. The molecule has 0 aliphatic heterocycles. The smallest absolute Gasteiger partial charge is 0.347 e. The van der Waals surface area contributed by atoms with Crippen LogP contribution < -0.4 is 0 Å². The van der Waals surface area contributed by atoms with Crippen molar-refractivity contribution in [2.75, 3.05) is 0 Å². The monoisotopic (exact) mass is 293 g/mol. The SMILES string of the molecule is Cc1ccc(F)c(-c2nc(C(C)(C)C)c(C(=O)O)s2)c1. The molecule has 0 radical (unpaired) electrons. The van der Waals surface area contributed by atoms with E-state index in [-0.39, 0.29) is 10.7 Å². The van der Waals surface area contributed by atoms with Gasteiger partial charge >= 0.3 is 5.97 Å². The first-order valence-corrected chi connectivity index (χ1v) is 7.03. The van der Waals surface area contributed by atoms with E-state index < -0.39 is 11.4 Å². The molecular weight excluding hydrogens is 277 g/mol. The van der Waals surface area contributed by atoms with Gasteiger partial charge in [0, 0.05) is 11.0 Å². The lowest BCUT2D eigenvalue weighted by Gasteiger charge is -2.16. The molecule has 2 aromatic rings. The number of hydrogen-bond acceptors (Lipinski definition) is 3. The molecule has 106 valence electrons.